The van der Waals surface area contributed by atoms with Crippen molar-refractivity contribution in [3.8, 4) is 0 Å². The minimum atomic E-state index is -3.54. The van der Waals surface area contributed by atoms with Gasteiger partial charge in [0.2, 0.25) is 10.0 Å². The highest BCUT2D eigenvalue weighted by atomic mass is 32.2. The Hall–Kier alpha value is -0.910. The van der Waals surface area contributed by atoms with Gasteiger partial charge in [0.1, 0.15) is 0 Å². The number of nitrogens with one attached hydrogen (secondary N) is 1. The maximum absolute atomic E-state index is 12.1. The number of hydrogen-bond donors (Lipinski definition) is 2. The summed E-state index contributed by atoms with van der Waals surface area (Å²) < 4.78 is 26.7. The fourth-order valence-corrected chi connectivity index (χ4v) is 3.06. The van der Waals surface area contributed by atoms with E-state index in [0.29, 0.717) is 12.3 Å². The van der Waals surface area contributed by atoms with Gasteiger partial charge in [0, 0.05) is 6.04 Å². The Morgan fingerprint density at radius 3 is 2.16 bits per heavy atom. The van der Waals surface area contributed by atoms with E-state index in [1.54, 1.807) is 12.1 Å². The summed E-state index contributed by atoms with van der Waals surface area (Å²) in [6.45, 7) is 5.85. The zero-order valence-electron chi connectivity index (χ0n) is 11.8. The molecule has 1 aromatic rings. The predicted molar refractivity (Wildman–Crippen MR) is 76.6 cm³/mol. The van der Waals surface area contributed by atoms with Crippen molar-refractivity contribution < 1.29 is 13.5 Å². The van der Waals surface area contributed by atoms with Gasteiger partial charge in [0.25, 0.3) is 0 Å². The Morgan fingerprint density at radius 2 is 1.74 bits per heavy atom. The zero-order valence-corrected chi connectivity index (χ0v) is 12.6. The maximum Gasteiger partial charge on any atom is 0.240 e. The summed E-state index contributed by atoms with van der Waals surface area (Å²) in [7, 11) is -3.54. The van der Waals surface area contributed by atoms with Crippen molar-refractivity contribution in [3.63, 3.8) is 0 Å². The first kappa shape index (κ1) is 16.1. The number of hydrogen-bond acceptors (Lipinski definition) is 3. The van der Waals surface area contributed by atoms with Crippen LogP contribution >= 0.6 is 0 Å². The molecule has 19 heavy (non-hydrogen) atoms. The Labute approximate surface area is 115 Å². The average Bonchev–Trinajstić information content (AvgIpc) is 2.44. The van der Waals surface area contributed by atoms with E-state index >= 15 is 0 Å². The number of sulfonamides is 1. The van der Waals surface area contributed by atoms with Crippen molar-refractivity contribution in [3.05, 3.63) is 29.8 Å². The largest absolute Gasteiger partial charge is 0.395 e. The van der Waals surface area contributed by atoms with Gasteiger partial charge >= 0.3 is 0 Å². The lowest BCUT2D eigenvalue weighted by Gasteiger charge is -2.15. The van der Waals surface area contributed by atoms with Crippen molar-refractivity contribution >= 4 is 10.0 Å². The molecule has 0 bridgehead atoms. The van der Waals surface area contributed by atoms with Crippen LogP contribution in [0, 0.1) is 0 Å². The van der Waals surface area contributed by atoms with E-state index in [2.05, 4.69) is 18.6 Å². The quantitative estimate of drug-likeness (QED) is 0.807. The van der Waals surface area contributed by atoms with Crippen LogP contribution in [0.1, 0.15) is 45.1 Å². The van der Waals surface area contributed by atoms with Crippen LogP contribution < -0.4 is 4.72 Å². The molecule has 1 rings (SSSR count). The van der Waals surface area contributed by atoms with Gasteiger partial charge in [0.05, 0.1) is 11.5 Å². The molecule has 0 amide bonds. The molecular formula is C14H23NO3S. The molecule has 2 atom stereocenters. The summed E-state index contributed by atoms with van der Waals surface area (Å²) in [6, 6.07) is 6.51. The summed E-state index contributed by atoms with van der Waals surface area (Å²) in [5.41, 5.74) is 1.13. The number of rotatable bonds is 7. The van der Waals surface area contributed by atoms with Crippen LogP contribution in [-0.2, 0) is 10.0 Å². The minimum Gasteiger partial charge on any atom is -0.395 e. The molecule has 0 aromatic heterocycles. The van der Waals surface area contributed by atoms with Gasteiger partial charge in [-0.25, -0.2) is 13.1 Å². The summed E-state index contributed by atoms with van der Waals surface area (Å²) in [5.74, 6) is 0.422. The van der Waals surface area contributed by atoms with Crippen LogP contribution in [0.3, 0.4) is 0 Å². The van der Waals surface area contributed by atoms with Crippen LogP contribution in [0.25, 0.3) is 0 Å². The SMILES string of the molecule is CCC(C)c1ccc(S(=O)(=O)N[C@H](CC)CO)cc1. The molecule has 1 aromatic carbocycles. The second-order valence-electron chi connectivity index (χ2n) is 4.79. The average molecular weight is 285 g/mol. The van der Waals surface area contributed by atoms with Crippen molar-refractivity contribution in [1.29, 1.82) is 0 Å². The highest BCUT2D eigenvalue weighted by molar-refractivity contribution is 7.89. The van der Waals surface area contributed by atoms with Crippen LogP contribution in [-0.4, -0.2) is 26.2 Å². The lowest BCUT2D eigenvalue weighted by Crippen LogP contribution is -2.36. The van der Waals surface area contributed by atoms with Gasteiger partial charge in [-0.2, -0.15) is 0 Å². The molecule has 0 radical (unpaired) electrons. The molecule has 2 N–H and O–H groups in total. The van der Waals surface area contributed by atoms with E-state index < -0.39 is 16.1 Å². The second kappa shape index (κ2) is 7.03. The molecular weight excluding hydrogens is 262 g/mol. The second-order valence-corrected chi connectivity index (χ2v) is 6.50. The third-order valence-corrected chi connectivity index (χ3v) is 4.94. The Kier molecular flexibility index (Phi) is 5.97. The third kappa shape index (κ3) is 4.30. The fraction of sp³-hybridized carbons (Fsp3) is 0.571. The Morgan fingerprint density at radius 1 is 1.16 bits per heavy atom. The zero-order chi connectivity index (χ0) is 14.5. The van der Waals surface area contributed by atoms with Crippen LogP contribution in [0.4, 0.5) is 0 Å². The number of aliphatic hydroxyl groups is 1. The lowest BCUT2D eigenvalue weighted by atomic mass is 9.99. The van der Waals surface area contributed by atoms with Gasteiger partial charge in [0.15, 0.2) is 0 Å². The third-order valence-electron chi connectivity index (χ3n) is 3.41. The Bertz CT molecular complexity index is 478. The fourth-order valence-electron chi connectivity index (χ4n) is 1.75. The lowest BCUT2D eigenvalue weighted by molar-refractivity contribution is 0.254. The molecule has 108 valence electrons. The monoisotopic (exact) mass is 285 g/mol. The number of benzene rings is 1. The molecule has 0 fully saturated rings. The van der Waals surface area contributed by atoms with Gasteiger partial charge in [-0.3, -0.25) is 0 Å². The molecule has 5 heteroatoms. The molecule has 0 saturated carbocycles. The van der Waals surface area contributed by atoms with Gasteiger partial charge in [-0.05, 0) is 36.5 Å². The first-order valence-electron chi connectivity index (χ1n) is 6.67. The van der Waals surface area contributed by atoms with Crippen LogP contribution in [0.5, 0.6) is 0 Å². The highest BCUT2D eigenvalue weighted by Gasteiger charge is 2.18. The van der Waals surface area contributed by atoms with E-state index in [0.717, 1.165) is 12.0 Å². The van der Waals surface area contributed by atoms with Crippen molar-refractivity contribution in [2.75, 3.05) is 6.61 Å². The molecule has 0 spiro atoms. The minimum absolute atomic E-state index is 0.194. The van der Waals surface area contributed by atoms with Crippen molar-refractivity contribution in [1.82, 2.24) is 4.72 Å². The molecule has 1 unspecified atom stereocenters. The van der Waals surface area contributed by atoms with E-state index in [4.69, 9.17) is 5.11 Å². The first-order chi connectivity index (χ1) is 8.94. The predicted octanol–water partition coefficient (Wildman–Crippen LogP) is 2.25. The summed E-state index contributed by atoms with van der Waals surface area (Å²) >= 11 is 0. The Balaban J connectivity index is 2.90. The number of aliphatic hydroxyl groups excluding tert-OH is 1. The van der Waals surface area contributed by atoms with Crippen molar-refractivity contribution in [2.24, 2.45) is 0 Å². The van der Waals surface area contributed by atoms with Gasteiger partial charge < -0.3 is 5.11 Å². The van der Waals surface area contributed by atoms with Crippen LogP contribution in [0.2, 0.25) is 0 Å². The first-order valence-corrected chi connectivity index (χ1v) is 8.16. The van der Waals surface area contributed by atoms with Crippen LogP contribution in [0.15, 0.2) is 29.2 Å². The van der Waals surface area contributed by atoms with Crippen molar-refractivity contribution in [2.45, 2.75) is 50.5 Å². The normalized spacial score (nSPS) is 15.2. The molecule has 4 nitrogen and oxygen atoms in total. The standard InChI is InChI=1S/C14H23NO3S/c1-4-11(3)12-6-8-14(9-7-12)19(17,18)15-13(5-2)10-16/h6-9,11,13,15-16H,4-5,10H2,1-3H3/t11?,13-/m1/s1. The molecule has 0 aliphatic carbocycles. The molecule has 0 heterocycles. The topological polar surface area (TPSA) is 66.4 Å². The van der Waals surface area contributed by atoms with E-state index in [9.17, 15) is 8.42 Å². The summed E-state index contributed by atoms with van der Waals surface area (Å²) in [5, 5.41) is 9.06. The van der Waals surface area contributed by atoms with E-state index in [-0.39, 0.29) is 11.5 Å². The molecule has 0 saturated heterocycles. The molecule has 0 aliphatic heterocycles. The van der Waals surface area contributed by atoms with E-state index in [1.807, 2.05) is 19.1 Å². The highest BCUT2D eigenvalue weighted by Crippen LogP contribution is 2.20. The summed E-state index contributed by atoms with van der Waals surface area (Å²) in [4.78, 5) is 0.242. The maximum atomic E-state index is 12.1. The smallest absolute Gasteiger partial charge is 0.240 e. The van der Waals surface area contributed by atoms with Gasteiger partial charge in [-0.1, -0.05) is 32.9 Å². The summed E-state index contributed by atoms with van der Waals surface area (Å²) in [6.07, 6.45) is 1.58. The molecule has 0 aliphatic rings. The van der Waals surface area contributed by atoms with Gasteiger partial charge in [-0.15, -0.1) is 0 Å². The van der Waals surface area contributed by atoms with E-state index in [1.165, 1.54) is 0 Å².